The molecule has 1 N–H and O–H groups in total. The molecule has 0 amide bonds. The van der Waals surface area contributed by atoms with E-state index >= 15 is 0 Å². The number of hydrogen-bond donors (Lipinski definition) is 1. The van der Waals surface area contributed by atoms with E-state index in [1.807, 2.05) is 54.0 Å². The minimum atomic E-state index is -0.347. The van der Waals surface area contributed by atoms with E-state index in [9.17, 15) is 9.59 Å². The SMILES string of the molecule is Cc1ccc(C(=O)OCc2ccccc2)cc1CCn1cnc2c1NC=NCC2=O. The smallest absolute Gasteiger partial charge is 0.338 e. The molecule has 7 heteroatoms. The number of benzene rings is 2. The van der Waals surface area contributed by atoms with Crippen LogP contribution in [0.1, 0.15) is 37.5 Å². The van der Waals surface area contributed by atoms with Crippen molar-refractivity contribution >= 4 is 23.9 Å². The average molecular weight is 402 g/mol. The maximum atomic E-state index is 12.5. The number of Topliss-reactive ketones (excluding diaryl/α,β-unsaturated/α-hetero) is 1. The Morgan fingerprint density at radius 2 is 2.03 bits per heavy atom. The Bertz CT molecular complexity index is 1100. The van der Waals surface area contributed by atoms with Crippen molar-refractivity contribution in [3.05, 3.63) is 82.8 Å². The molecule has 0 unspecified atom stereocenters. The van der Waals surface area contributed by atoms with Gasteiger partial charge in [-0.25, -0.2) is 9.78 Å². The molecule has 30 heavy (non-hydrogen) atoms. The molecule has 0 fully saturated rings. The number of ether oxygens (including phenoxy) is 1. The van der Waals surface area contributed by atoms with Crippen LogP contribution in [0.4, 0.5) is 5.82 Å². The lowest BCUT2D eigenvalue weighted by molar-refractivity contribution is 0.0472. The number of esters is 1. The zero-order valence-corrected chi connectivity index (χ0v) is 16.7. The summed E-state index contributed by atoms with van der Waals surface area (Å²) in [6.45, 7) is 2.96. The van der Waals surface area contributed by atoms with Gasteiger partial charge in [-0.15, -0.1) is 0 Å². The summed E-state index contributed by atoms with van der Waals surface area (Å²) in [4.78, 5) is 32.8. The summed E-state index contributed by atoms with van der Waals surface area (Å²) in [7, 11) is 0. The molecule has 1 aliphatic rings. The lowest BCUT2D eigenvalue weighted by Gasteiger charge is -2.11. The van der Waals surface area contributed by atoms with Crippen molar-refractivity contribution in [1.82, 2.24) is 9.55 Å². The topological polar surface area (TPSA) is 85.6 Å². The maximum Gasteiger partial charge on any atom is 0.338 e. The number of aryl methyl sites for hydroxylation is 3. The first kappa shape index (κ1) is 19.6. The van der Waals surface area contributed by atoms with E-state index in [1.54, 1.807) is 12.4 Å². The van der Waals surface area contributed by atoms with E-state index in [2.05, 4.69) is 15.3 Å². The highest BCUT2D eigenvalue weighted by Crippen LogP contribution is 2.19. The van der Waals surface area contributed by atoms with Gasteiger partial charge in [0.05, 0.1) is 18.2 Å². The van der Waals surface area contributed by atoms with E-state index in [-0.39, 0.29) is 24.9 Å². The number of carbonyl (C=O) groups is 2. The highest BCUT2D eigenvalue weighted by molar-refractivity contribution is 6.04. The Labute approximate surface area is 174 Å². The van der Waals surface area contributed by atoms with E-state index in [0.29, 0.717) is 30.0 Å². The van der Waals surface area contributed by atoms with Crippen LogP contribution in [-0.2, 0) is 24.3 Å². The molecule has 0 spiro atoms. The molecule has 0 bridgehead atoms. The number of anilines is 1. The monoisotopic (exact) mass is 402 g/mol. The zero-order chi connectivity index (χ0) is 20.9. The summed E-state index contributed by atoms with van der Waals surface area (Å²) < 4.78 is 7.34. The second-order valence-electron chi connectivity index (χ2n) is 7.13. The molecular formula is C23H22N4O3. The first-order valence-electron chi connectivity index (χ1n) is 9.75. The van der Waals surface area contributed by atoms with Gasteiger partial charge in [0.25, 0.3) is 0 Å². The standard InChI is InChI=1S/C23H22N4O3/c1-16-7-8-19(23(29)30-13-17-5-3-2-4-6-17)11-18(16)9-10-27-15-26-21-20(28)12-24-14-25-22(21)27/h2-8,11,14-15H,9-10,12-13H2,1H3,(H,24,25). The second-order valence-corrected chi connectivity index (χ2v) is 7.13. The van der Waals surface area contributed by atoms with Crippen molar-refractivity contribution in [2.45, 2.75) is 26.5 Å². The van der Waals surface area contributed by atoms with Crippen LogP contribution < -0.4 is 5.32 Å². The number of nitrogens with zero attached hydrogens (tertiary/aromatic N) is 3. The first-order valence-corrected chi connectivity index (χ1v) is 9.75. The van der Waals surface area contributed by atoms with Gasteiger partial charge in [-0.2, -0.15) is 0 Å². The van der Waals surface area contributed by atoms with Crippen LogP contribution in [0.3, 0.4) is 0 Å². The van der Waals surface area contributed by atoms with Crippen LogP contribution in [0.15, 0.2) is 59.9 Å². The molecule has 0 aliphatic carbocycles. The molecule has 1 aromatic heterocycles. The number of ketones is 1. The van der Waals surface area contributed by atoms with Gasteiger partial charge in [0, 0.05) is 6.54 Å². The lowest BCUT2D eigenvalue weighted by atomic mass is 10.0. The molecule has 0 saturated heterocycles. The molecular weight excluding hydrogens is 380 g/mol. The summed E-state index contributed by atoms with van der Waals surface area (Å²) in [5.74, 6) is 0.196. The van der Waals surface area contributed by atoms with Crippen LogP contribution in [0.2, 0.25) is 0 Å². The van der Waals surface area contributed by atoms with Gasteiger partial charge < -0.3 is 14.6 Å². The van der Waals surface area contributed by atoms with Gasteiger partial charge in [-0.1, -0.05) is 36.4 Å². The van der Waals surface area contributed by atoms with Gasteiger partial charge in [-0.05, 0) is 42.2 Å². The third-order valence-corrected chi connectivity index (χ3v) is 5.05. The van der Waals surface area contributed by atoms with Crippen molar-refractivity contribution in [3.8, 4) is 0 Å². The minimum absolute atomic E-state index is 0.100. The fourth-order valence-electron chi connectivity index (χ4n) is 3.33. The first-order chi connectivity index (χ1) is 14.6. The third-order valence-electron chi connectivity index (χ3n) is 5.05. The van der Waals surface area contributed by atoms with E-state index in [0.717, 1.165) is 16.7 Å². The molecule has 2 heterocycles. The van der Waals surface area contributed by atoms with Crippen molar-refractivity contribution in [2.24, 2.45) is 4.99 Å². The second kappa shape index (κ2) is 8.73. The Balaban J connectivity index is 1.44. The average Bonchev–Trinajstić information content (AvgIpc) is 3.08. The van der Waals surface area contributed by atoms with E-state index in [4.69, 9.17) is 4.74 Å². The van der Waals surface area contributed by atoms with E-state index < -0.39 is 0 Å². The summed E-state index contributed by atoms with van der Waals surface area (Å²) >= 11 is 0. The number of hydrogen-bond acceptors (Lipinski definition) is 6. The molecule has 1 aliphatic heterocycles. The van der Waals surface area contributed by atoms with Crippen LogP contribution in [0, 0.1) is 6.92 Å². The number of imidazole rings is 1. The predicted octanol–water partition coefficient (Wildman–Crippen LogP) is 3.43. The fourth-order valence-corrected chi connectivity index (χ4v) is 3.33. The molecule has 0 atom stereocenters. The molecule has 0 radical (unpaired) electrons. The number of aliphatic imine (C=N–C) groups is 1. The Morgan fingerprint density at radius 3 is 2.87 bits per heavy atom. The Morgan fingerprint density at radius 1 is 1.20 bits per heavy atom. The number of carbonyl (C=O) groups excluding carboxylic acids is 2. The van der Waals surface area contributed by atoms with Gasteiger partial charge in [0.15, 0.2) is 5.69 Å². The lowest BCUT2D eigenvalue weighted by Crippen LogP contribution is -2.10. The highest BCUT2D eigenvalue weighted by atomic mass is 16.5. The van der Waals surface area contributed by atoms with Gasteiger partial charge in [0.2, 0.25) is 5.78 Å². The number of rotatable bonds is 6. The summed E-state index contributed by atoms with van der Waals surface area (Å²) in [5.41, 5.74) is 4.01. The van der Waals surface area contributed by atoms with Crippen molar-refractivity contribution in [3.63, 3.8) is 0 Å². The fraction of sp³-hybridized carbons (Fsp3) is 0.217. The summed E-state index contributed by atoms with van der Waals surface area (Å²) in [6.07, 6.45) is 3.86. The number of aromatic nitrogens is 2. The summed E-state index contributed by atoms with van der Waals surface area (Å²) in [6, 6.07) is 15.2. The maximum absolute atomic E-state index is 12.5. The third kappa shape index (κ3) is 4.30. The summed E-state index contributed by atoms with van der Waals surface area (Å²) in [5, 5.41) is 3.03. The minimum Gasteiger partial charge on any atom is -0.457 e. The molecule has 3 aromatic rings. The Kier molecular flexibility index (Phi) is 5.70. The van der Waals surface area contributed by atoms with Crippen LogP contribution in [-0.4, -0.2) is 34.2 Å². The molecule has 4 rings (SSSR count). The van der Waals surface area contributed by atoms with Gasteiger partial charge in [-0.3, -0.25) is 9.79 Å². The predicted molar refractivity (Wildman–Crippen MR) is 114 cm³/mol. The van der Waals surface area contributed by atoms with Crippen LogP contribution in [0.25, 0.3) is 0 Å². The number of nitrogens with one attached hydrogen (secondary N) is 1. The quantitative estimate of drug-likeness (QED) is 0.639. The zero-order valence-electron chi connectivity index (χ0n) is 16.7. The Hall–Kier alpha value is -3.74. The molecule has 0 saturated carbocycles. The van der Waals surface area contributed by atoms with Crippen molar-refractivity contribution in [1.29, 1.82) is 0 Å². The van der Waals surface area contributed by atoms with Gasteiger partial charge in [0.1, 0.15) is 19.0 Å². The molecule has 2 aromatic carbocycles. The largest absolute Gasteiger partial charge is 0.457 e. The van der Waals surface area contributed by atoms with Crippen LogP contribution >= 0.6 is 0 Å². The van der Waals surface area contributed by atoms with Crippen molar-refractivity contribution < 1.29 is 14.3 Å². The highest BCUT2D eigenvalue weighted by Gasteiger charge is 2.19. The van der Waals surface area contributed by atoms with Gasteiger partial charge >= 0.3 is 5.97 Å². The van der Waals surface area contributed by atoms with E-state index in [1.165, 1.54) is 6.34 Å². The number of fused-ring (bicyclic) bond motifs is 1. The van der Waals surface area contributed by atoms with Crippen LogP contribution in [0.5, 0.6) is 0 Å². The molecule has 7 nitrogen and oxygen atoms in total. The normalized spacial score (nSPS) is 12.8. The molecule has 152 valence electrons. The van der Waals surface area contributed by atoms with Crippen molar-refractivity contribution in [2.75, 3.05) is 11.9 Å².